The van der Waals surface area contributed by atoms with Gasteiger partial charge in [0.2, 0.25) is 5.91 Å². The molecule has 0 aliphatic carbocycles. The lowest BCUT2D eigenvalue weighted by molar-refractivity contribution is -0.134. The van der Waals surface area contributed by atoms with Crippen molar-refractivity contribution >= 4 is 5.91 Å². The Morgan fingerprint density at radius 1 is 1.37 bits per heavy atom. The zero-order valence-electron chi connectivity index (χ0n) is 12.9. The first-order valence-corrected chi connectivity index (χ1v) is 7.85. The van der Waals surface area contributed by atoms with Gasteiger partial charge in [-0.2, -0.15) is 0 Å². The first-order chi connectivity index (χ1) is 9.08. The first-order valence-electron chi connectivity index (χ1n) is 7.85. The molecular formula is C15H31N3O. The molecule has 1 rings (SSSR count). The third kappa shape index (κ3) is 5.49. The van der Waals surface area contributed by atoms with E-state index in [0.717, 1.165) is 51.7 Å². The molecule has 1 aliphatic rings. The van der Waals surface area contributed by atoms with E-state index < -0.39 is 0 Å². The molecule has 1 fully saturated rings. The van der Waals surface area contributed by atoms with E-state index in [2.05, 4.69) is 30.6 Å². The van der Waals surface area contributed by atoms with Gasteiger partial charge in [0, 0.05) is 31.7 Å². The number of nitrogens with zero attached hydrogens (tertiary/aromatic N) is 2. The van der Waals surface area contributed by atoms with Crippen molar-refractivity contribution in [2.75, 3.05) is 26.2 Å². The number of amides is 1. The quantitative estimate of drug-likeness (QED) is 0.767. The molecule has 0 aromatic heterocycles. The van der Waals surface area contributed by atoms with Crippen LogP contribution in [0.2, 0.25) is 0 Å². The van der Waals surface area contributed by atoms with Gasteiger partial charge in [-0.3, -0.25) is 9.69 Å². The Kier molecular flexibility index (Phi) is 7.39. The van der Waals surface area contributed by atoms with Crippen molar-refractivity contribution in [3.05, 3.63) is 0 Å². The van der Waals surface area contributed by atoms with Crippen molar-refractivity contribution in [1.82, 2.24) is 9.80 Å². The fourth-order valence-corrected chi connectivity index (χ4v) is 2.53. The van der Waals surface area contributed by atoms with Gasteiger partial charge in [0.05, 0.1) is 6.54 Å². The second kappa shape index (κ2) is 8.54. The van der Waals surface area contributed by atoms with E-state index in [4.69, 9.17) is 5.73 Å². The highest BCUT2D eigenvalue weighted by Crippen LogP contribution is 2.11. The number of carbonyl (C=O) groups excluding carboxylic acids is 1. The molecule has 1 saturated heterocycles. The van der Waals surface area contributed by atoms with Crippen molar-refractivity contribution in [2.24, 2.45) is 5.73 Å². The van der Waals surface area contributed by atoms with Crippen LogP contribution < -0.4 is 5.73 Å². The molecule has 4 heteroatoms. The van der Waals surface area contributed by atoms with E-state index >= 15 is 0 Å². The highest BCUT2D eigenvalue weighted by Gasteiger charge is 2.23. The molecular weight excluding hydrogens is 238 g/mol. The topological polar surface area (TPSA) is 49.6 Å². The molecule has 0 spiro atoms. The lowest BCUT2D eigenvalue weighted by Crippen LogP contribution is -2.48. The molecule has 1 unspecified atom stereocenters. The summed E-state index contributed by atoms with van der Waals surface area (Å²) < 4.78 is 0. The average molecular weight is 269 g/mol. The number of hydrogen-bond donors (Lipinski definition) is 1. The van der Waals surface area contributed by atoms with E-state index in [-0.39, 0.29) is 0 Å². The van der Waals surface area contributed by atoms with Crippen LogP contribution in [0.1, 0.15) is 52.9 Å². The van der Waals surface area contributed by atoms with Crippen LogP contribution in [0.25, 0.3) is 0 Å². The minimum absolute atomic E-state index is 0.290. The van der Waals surface area contributed by atoms with Gasteiger partial charge in [-0.25, -0.2) is 0 Å². The van der Waals surface area contributed by atoms with Crippen LogP contribution in [0.4, 0.5) is 0 Å². The van der Waals surface area contributed by atoms with Crippen LogP contribution in [0.5, 0.6) is 0 Å². The summed E-state index contributed by atoms with van der Waals surface area (Å²) in [6.45, 7) is 9.88. The van der Waals surface area contributed by atoms with Gasteiger partial charge in [-0.05, 0) is 32.6 Å². The molecule has 0 aromatic carbocycles. The van der Waals surface area contributed by atoms with Crippen molar-refractivity contribution in [2.45, 2.75) is 65.0 Å². The molecule has 2 N–H and O–H groups in total. The largest absolute Gasteiger partial charge is 0.339 e. The van der Waals surface area contributed by atoms with Crippen LogP contribution in [0.15, 0.2) is 0 Å². The third-order valence-corrected chi connectivity index (χ3v) is 4.19. The van der Waals surface area contributed by atoms with E-state index in [0.29, 0.717) is 24.5 Å². The van der Waals surface area contributed by atoms with Crippen LogP contribution in [0, 0.1) is 0 Å². The maximum atomic E-state index is 12.5. The van der Waals surface area contributed by atoms with Gasteiger partial charge in [-0.1, -0.05) is 20.3 Å². The zero-order valence-corrected chi connectivity index (χ0v) is 12.9. The normalized spacial score (nSPS) is 19.4. The second-order valence-electron chi connectivity index (χ2n) is 5.81. The molecule has 112 valence electrons. The summed E-state index contributed by atoms with van der Waals surface area (Å²) >= 11 is 0. The number of unbranched alkanes of at least 4 members (excludes halogenated alkanes) is 1. The van der Waals surface area contributed by atoms with E-state index in [1.54, 1.807) is 0 Å². The second-order valence-corrected chi connectivity index (χ2v) is 5.81. The molecule has 1 aliphatic heterocycles. The molecule has 1 amide bonds. The standard InChI is InChI=1S/C15H31N3O/c1-4-6-9-18(13(3)5-2)15(19)12-17-10-7-14(16)8-11-17/h13-14H,4-12,16H2,1-3H3. The average Bonchev–Trinajstić information content (AvgIpc) is 2.41. The summed E-state index contributed by atoms with van der Waals surface area (Å²) in [6, 6.07) is 0.684. The maximum Gasteiger partial charge on any atom is 0.236 e. The van der Waals surface area contributed by atoms with Crippen molar-refractivity contribution < 1.29 is 4.79 Å². The summed E-state index contributed by atoms with van der Waals surface area (Å²) in [4.78, 5) is 16.8. The maximum absolute atomic E-state index is 12.5. The Morgan fingerprint density at radius 3 is 2.53 bits per heavy atom. The molecule has 0 aromatic rings. The summed E-state index contributed by atoms with van der Waals surface area (Å²) in [5.74, 6) is 0.290. The lowest BCUT2D eigenvalue weighted by atomic mass is 10.1. The Morgan fingerprint density at radius 2 is 2.00 bits per heavy atom. The smallest absolute Gasteiger partial charge is 0.236 e. The van der Waals surface area contributed by atoms with Crippen molar-refractivity contribution in [1.29, 1.82) is 0 Å². The van der Waals surface area contributed by atoms with Crippen LogP contribution >= 0.6 is 0 Å². The van der Waals surface area contributed by atoms with E-state index in [9.17, 15) is 4.79 Å². The number of likely N-dealkylation sites (tertiary alicyclic amines) is 1. The van der Waals surface area contributed by atoms with Crippen molar-refractivity contribution in [3.63, 3.8) is 0 Å². The number of nitrogens with two attached hydrogens (primary N) is 1. The Hall–Kier alpha value is -0.610. The summed E-state index contributed by atoms with van der Waals surface area (Å²) in [7, 11) is 0. The third-order valence-electron chi connectivity index (χ3n) is 4.19. The van der Waals surface area contributed by atoms with Crippen LogP contribution in [-0.4, -0.2) is 54.0 Å². The number of hydrogen-bond acceptors (Lipinski definition) is 3. The molecule has 0 bridgehead atoms. The number of piperidine rings is 1. The van der Waals surface area contributed by atoms with Gasteiger partial charge in [-0.15, -0.1) is 0 Å². The fraction of sp³-hybridized carbons (Fsp3) is 0.933. The molecule has 1 heterocycles. The highest BCUT2D eigenvalue weighted by atomic mass is 16.2. The van der Waals surface area contributed by atoms with Gasteiger partial charge in [0.1, 0.15) is 0 Å². The molecule has 1 atom stereocenters. The zero-order chi connectivity index (χ0) is 14.3. The van der Waals surface area contributed by atoms with Gasteiger partial charge in [0.25, 0.3) is 0 Å². The van der Waals surface area contributed by atoms with Gasteiger partial charge in [0.15, 0.2) is 0 Å². The highest BCUT2D eigenvalue weighted by molar-refractivity contribution is 5.78. The van der Waals surface area contributed by atoms with E-state index in [1.165, 1.54) is 0 Å². The first kappa shape index (κ1) is 16.4. The molecule has 19 heavy (non-hydrogen) atoms. The minimum Gasteiger partial charge on any atom is -0.339 e. The summed E-state index contributed by atoms with van der Waals surface area (Å²) in [6.07, 6.45) is 5.30. The number of carbonyl (C=O) groups is 1. The van der Waals surface area contributed by atoms with E-state index in [1.807, 2.05) is 0 Å². The summed E-state index contributed by atoms with van der Waals surface area (Å²) in [5, 5.41) is 0. The fourth-order valence-electron chi connectivity index (χ4n) is 2.53. The van der Waals surface area contributed by atoms with Gasteiger partial charge >= 0.3 is 0 Å². The molecule has 0 radical (unpaired) electrons. The van der Waals surface area contributed by atoms with Crippen molar-refractivity contribution in [3.8, 4) is 0 Å². The predicted octanol–water partition coefficient (Wildman–Crippen LogP) is 1.84. The molecule has 0 saturated carbocycles. The lowest BCUT2D eigenvalue weighted by Gasteiger charge is -2.34. The minimum atomic E-state index is 0.290. The summed E-state index contributed by atoms with van der Waals surface area (Å²) in [5.41, 5.74) is 5.90. The van der Waals surface area contributed by atoms with Crippen LogP contribution in [-0.2, 0) is 4.79 Å². The monoisotopic (exact) mass is 269 g/mol. The molecule has 4 nitrogen and oxygen atoms in total. The Bertz CT molecular complexity index is 262. The number of rotatable bonds is 7. The van der Waals surface area contributed by atoms with Crippen LogP contribution in [0.3, 0.4) is 0 Å². The Balaban J connectivity index is 2.46. The van der Waals surface area contributed by atoms with Gasteiger partial charge < -0.3 is 10.6 Å². The SMILES string of the molecule is CCCCN(C(=O)CN1CCC(N)CC1)C(C)CC. The Labute approximate surface area is 118 Å². The predicted molar refractivity (Wildman–Crippen MR) is 80.0 cm³/mol.